The molecule has 2 rings (SSSR count). The number of nitrogens with one attached hydrogen (secondary N) is 2. The molecule has 1 amide bonds. The zero-order valence-electron chi connectivity index (χ0n) is 13.4. The van der Waals surface area contributed by atoms with Crippen LogP contribution in [-0.2, 0) is 10.2 Å². The highest BCUT2D eigenvalue weighted by Crippen LogP contribution is 2.27. The van der Waals surface area contributed by atoms with Crippen LogP contribution in [-0.4, -0.2) is 25.5 Å². The third-order valence-corrected chi connectivity index (χ3v) is 5.85. The van der Waals surface area contributed by atoms with Gasteiger partial charge < -0.3 is 10.6 Å². The summed E-state index contributed by atoms with van der Waals surface area (Å²) in [5.41, 5.74) is 0.0157. The van der Waals surface area contributed by atoms with Gasteiger partial charge in [-0.15, -0.1) is 11.3 Å². The fourth-order valence-electron chi connectivity index (χ4n) is 3.01. The van der Waals surface area contributed by atoms with E-state index in [1.54, 1.807) is 11.3 Å². The van der Waals surface area contributed by atoms with Gasteiger partial charge in [-0.1, -0.05) is 26.8 Å². The molecule has 2 heterocycles. The van der Waals surface area contributed by atoms with Gasteiger partial charge >= 0.3 is 0 Å². The van der Waals surface area contributed by atoms with E-state index in [0.29, 0.717) is 24.8 Å². The third kappa shape index (κ3) is 4.82. The van der Waals surface area contributed by atoms with Gasteiger partial charge in [-0.05, 0) is 49.2 Å². The second-order valence-electron chi connectivity index (χ2n) is 6.91. The lowest BCUT2D eigenvalue weighted by molar-refractivity contribution is -0.122. The molecule has 1 fully saturated rings. The monoisotopic (exact) mass is 308 g/mol. The van der Waals surface area contributed by atoms with Crippen molar-refractivity contribution in [3.8, 4) is 0 Å². The van der Waals surface area contributed by atoms with E-state index in [2.05, 4.69) is 48.9 Å². The molecule has 0 radical (unpaired) electrons. The maximum atomic E-state index is 12.2. The van der Waals surface area contributed by atoms with E-state index in [1.807, 2.05) is 0 Å². The van der Waals surface area contributed by atoms with Gasteiger partial charge in [-0.25, -0.2) is 0 Å². The van der Waals surface area contributed by atoms with Gasteiger partial charge in [-0.3, -0.25) is 4.79 Å². The number of carbonyl (C=O) groups is 1. The summed E-state index contributed by atoms with van der Waals surface area (Å²) in [6.45, 7) is 9.51. The molecule has 21 heavy (non-hydrogen) atoms. The van der Waals surface area contributed by atoms with Crippen molar-refractivity contribution in [1.29, 1.82) is 0 Å². The van der Waals surface area contributed by atoms with Crippen molar-refractivity contribution in [2.75, 3.05) is 19.6 Å². The molecule has 2 N–H and O–H groups in total. The fraction of sp³-hybridized carbons (Fsp3) is 0.706. The quantitative estimate of drug-likeness (QED) is 0.847. The molecule has 1 atom stereocenters. The van der Waals surface area contributed by atoms with E-state index in [1.165, 1.54) is 17.7 Å². The van der Waals surface area contributed by atoms with Crippen molar-refractivity contribution in [3.63, 3.8) is 0 Å². The molecule has 1 aliphatic heterocycles. The Balaban J connectivity index is 1.76. The fourth-order valence-corrected chi connectivity index (χ4v) is 3.87. The van der Waals surface area contributed by atoms with Crippen molar-refractivity contribution < 1.29 is 4.79 Å². The summed E-state index contributed by atoms with van der Waals surface area (Å²) in [5, 5.41) is 8.61. The van der Waals surface area contributed by atoms with Gasteiger partial charge in [0.1, 0.15) is 0 Å². The molecular formula is C17H28N2OS. The molecule has 118 valence electrons. The summed E-state index contributed by atoms with van der Waals surface area (Å²) >= 11 is 1.76. The van der Waals surface area contributed by atoms with E-state index in [4.69, 9.17) is 0 Å². The first-order chi connectivity index (χ1) is 9.99. The highest BCUT2D eigenvalue weighted by molar-refractivity contribution is 7.10. The Morgan fingerprint density at radius 3 is 2.81 bits per heavy atom. The Bertz CT molecular complexity index is 436. The molecule has 1 saturated heterocycles. The number of hydrogen-bond acceptors (Lipinski definition) is 3. The van der Waals surface area contributed by atoms with Crippen LogP contribution in [0, 0.1) is 11.8 Å². The van der Waals surface area contributed by atoms with E-state index in [-0.39, 0.29) is 11.3 Å². The Morgan fingerprint density at radius 2 is 2.19 bits per heavy atom. The normalized spacial score (nSPS) is 18.4. The Kier molecular flexibility index (Phi) is 5.82. The molecule has 0 aliphatic carbocycles. The summed E-state index contributed by atoms with van der Waals surface area (Å²) in [6.07, 6.45) is 3.06. The number of rotatable bonds is 6. The lowest BCUT2D eigenvalue weighted by atomic mass is 9.84. The maximum Gasteiger partial charge on any atom is 0.220 e. The van der Waals surface area contributed by atoms with Crippen molar-refractivity contribution in [2.24, 2.45) is 11.8 Å². The minimum absolute atomic E-state index is 0.0157. The van der Waals surface area contributed by atoms with Gasteiger partial charge in [0.25, 0.3) is 0 Å². The minimum atomic E-state index is 0.0157. The number of piperidine rings is 1. The summed E-state index contributed by atoms with van der Waals surface area (Å²) in [4.78, 5) is 13.5. The summed E-state index contributed by atoms with van der Waals surface area (Å²) in [6, 6.07) is 4.22. The van der Waals surface area contributed by atoms with Gasteiger partial charge in [0.15, 0.2) is 0 Å². The standard InChI is InChI=1S/C17H28N2OS/c1-13(14-6-8-18-9-7-14)11-16(20)19-12-17(2,3)15-5-4-10-21-15/h4-5,10,13-14,18H,6-9,11-12H2,1-3H3,(H,19,20). The zero-order valence-corrected chi connectivity index (χ0v) is 14.3. The average molecular weight is 308 g/mol. The van der Waals surface area contributed by atoms with Crippen LogP contribution >= 0.6 is 11.3 Å². The van der Waals surface area contributed by atoms with Crippen molar-refractivity contribution in [1.82, 2.24) is 10.6 Å². The van der Waals surface area contributed by atoms with Gasteiger partial charge in [0.05, 0.1) is 0 Å². The molecule has 1 aliphatic rings. The Hall–Kier alpha value is -0.870. The molecule has 0 aromatic carbocycles. The van der Waals surface area contributed by atoms with Crippen LogP contribution in [0.5, 0.6) is 0 Å². The molecule has 0 bridgehead atoms. The number of thiophene rings is 1. The highest BCUT2D eigenvalue weighted by atomic mass is 32.1. The molecule has 0 spiro atoms. The van der Waals surface area contributed by atoms with Crippen LogP contribution in [0.1, 0.15) is 44.9 Å². The van der Waals surface area contributed by atoms with E-state index in [0.717, 1.165) is 13.1 Å². The summed E-state index contributed by atoms with van der Waals surface area (Å²) < 4.78 is 0. The van der Waals surface area contributed by atoms with Crippen molar-refractivity contribution >= 4 is 17.2 Å². The van der Waals surface area contributed by atoms with Crippen LogP contribution in [0.4, 0.5) is 0 Å². The van der Waals surface area contributed by atoms with Crippen LogP contribution < -0.4 is 10.6 Å². The van der Waals surface area contributed by atoms with Gasteiger partial charge in [0, 0.05) is 23.3 Å². The number of hydrogen-bond donors (Lipinski definition) is 2. The Morgan fingerprint density at radius 1 is 1.48 bits per heavy atom. The smallest absolute Gasteiger partial charge is 0.220 e. The summed E-state index contributed by atoms with van der Waals surface area (Å²) in [7, 11) is 0. The molecule has 0 saturated carbocycles. The maximum absolute atomic E-state index is 12.2. The predicted octanol–water partition coefficient (Wildman–Crippen LogP) is 3.17. The molecule has 4 heteroatoms. The molecular weight excluding hydrogens is 280 g/mol. The molecule has 3 nitrogen and oxygen atoms in total. The topological polar surface area (TPSA) is 41.1 Å². The Labute approximate surface area is 132 Å². The number of carbonyl (C=O) groups excluding carboxylic acids is 1. The van der Waals surface area contributed by atoms with E-state index < -0.39 is 0 Å². The second-order valence-corrected chi connectivity index (χ2v) is 7.85. The van der Waals surface area contributed by atoms with Crippen LogP contribution in [0.2, 0.25) is 0 Å². The lowest BCUT2D eigenvalue weighted by Crippen LogP contribution is -2.38. The van der Waals surface area contributed by atoms with Crippen molar-refractivity contribution in [3.05, 3.63) is 22.4 Å². The first-order valence-electron chi connectivity index (χ1n) is 8.00. The first-order valence-corrected chi connectivity index (χ1v) is 8.88. The average Bonchev–Trinajstić information content (AvgIpc) is 3.01. The number of amides is 1. The van der Waals surface area contributed by atoms with Crippen LogP contribution in [0.3, 0.4) is 0 Å². The van der Waals surface area contributed by atoms with Crippen molar-refractivity contribution in [2.45, 2.75) is 45.4 Å². The minimum Gasteiger partial charge on any atom is -0.355 e. The van der Waals surface area contributed by atoms with E-state index in [9.17, 15) is 4.79 Å². The molecule has 1 unspecified atom stereocenters. The van der Waals surface area contributed by atoms with Crippen LogP contribution in [0.15, 0.2) is 17.5 Å². The zero-order chi connectivity index (χ0) is 15.3. The van der Waals surface area contributed by atoms with Crippen LogP contribution in [0.25, 0.3) is 0 Å². The predicted molar refractivity (Wildman–Crippen MR) is 89.7 cm³/mol. The molecule has 1 aromatic rings. The largest absolute Gasteiger partial charge is 0.355 e. The van der Waals surface area contributed by atoms with E-state index >= 15 is 0 Å². The van der Waals surface area contributed by atoms with Gasteiger partial charge in [0.2, 0.25) is 5.91 Å². The lowest BCUT2D eigenvalue weighted by Gasteiger charge is -2.28. The SMILES string of the molecule is CC(CC(=O)NCC(C)(C)c1cccs1)C1CCNCC1. The molecule has 1 aromatic heterocycles. The summed E-state index contributed by atoms with van der Waals surface area (Å²) in [5.74, 6) is 1.38. The highest BCUT2D eigenvalue weighted by Gasteiger charge is 2.25. The van der Waals surface area contributed by atoms with Gasteiger partial charge in [-0.2, -0.15) is 0 Å². The third-order valence-electron chi connectivity index (χ3n) is 4.61. The second kappa shape index (κ2) is 7.41. The first kappa shape index (κ1) is 16.5.